The summed E-state index contributed by atoms with van der Waals surface area (Å²) in [5.74, 6) is 2.56. The van der Waals surface area contributed by atoms with Crippen molar-refractivity contribution >= 4 is 21.7 Å². The van der Waals surface area contributed by atoms with E-state index in [-0.39, 0.29) is 5.41 Å². The number of hydrogen-bond donors (Lipinski definition) is 0. The molecule has 0 atom stereocenters. The molecule has 0 N–H and O–H groups in total. The highest BCUT2D eigenvalue weighted by atomic mass is 16.5. The fraction of sp³-hybridized carbons (Fsp3) is 0.0769. The molecule has 3 nitrogen and oxygen atoms in total. The summed E-state index contributed by atoms with van der Waals surface area (Å²) >= 11 is 0. The molecule has 1 aliphatic rings. The number of hydrogen-bond acceptors (Lipinski definition) is 3. The van der Waals surface area contributed by atoms with Gasteiger partial charge in [-0.1, -0.05) is 135 Å². The molecular weight excluding hydrogens is 512 g/mol. The van der Waals surface area contributed by atoms with Gasteiger partial charge >= 0.3 is 0 Å². The summed E-state index contributed by atoms with van der Waals surface area (Å²) in [6, 6.07) is 46.5. The molecule has 0 radical (unpaired) electrons. The lowest BCUT2D eigenvalue weighted by molar-refractivity contribution is 0.419. The number of fused-ring (bicyclic) bond motifs is 4. The van der Waals surface area contributed by atoms with E-state index in [2.05, 4.69) is 135 Å². The van der Waals surface area contributed by atoms with Crippen LogP contribution in [-0.2, 0) is 5.41 Å². The maximum atomic E-state index is 6.54. The molecule has 0 saturated heterocycles. The molecule has 0 bridgehead atoms. The zero-order valence-electron chi connectivity index (χ0n) is 23.5. The second-order valence-electron chi connectivity index (χ2n) is 11.4. The molecule has 1 aliphatic heterocycles. The number of para-hydroxylation sites is 3. The van der Waals surface area contributed by atoms with Gasteiger partial charge in [0.05, 0.1) is 11.2 Å². The molecule has 0 spiro atoms. The standard InChI is InChI=1S/C39H28N2O/c1-39(2)32-17-6-8-20-35(32)42-37-29(15-10-18-33(37)39)26-21-23-27(24-22-26)38-40-34-19-7-5-14-31(34)36(41-38)30-16-9-12-25-11-3-4-13-28(25)30/h3-24H,1-2H3. The van der Waals surface area contributed by atoms with E-state index in [0.29, 0.717) is 5.82 Å². The second kappa shape index (κ2) is 9.39. The van der Waals surface area contributed by atoms with E-state index >= 15 is 0 Å². The molecule has 1 aromatic heterocycles. The van der Waals surface area contributed by atoms with E-state index < -0.39 is 0 Å². The van der Waals surface area contributed by atoms with Gasteiger partial charge in [0.25, 0.3) is 0 Å². The number of aromatic nitrogens is 2. The van der Waals surface area contributed by atoms with E-state index in [1.807, 2.05) is 12.1 Å². The van der Waals surface area contributed by atoms with Gasteiger partial charge in [-0.25, -0.2) is 9.97 Å². The largest absolute Gasteiger partial charge is 0.456 e. The van der Waals surface area contributed by atoms with Crippen molar-refractivity contribution in [3.63, 3.8) is 0 Å². The number of ether oxygens (including phenoxy) is 1. The molecule has 200 valence electrons. The molecule has 42 heavy (non-hydrogen) atoms. The van der Waals surface area contributed by atoms with E-state index in [9.17, 15) is 0 Å². The van der Waals surface area contributed by atoms with Crippen LogP contribution in [0.1, 0.15) is 25.0 Å². The molecule has 0 amide bonds. The molecule has 0 saturated carbocycles. The topological polar surface area (TPSA) is 35.0 Å². The first kappa shape index (κ1) is 24.5. The molecule has 7 aromatic rings. The summed E-state index contributed by atoms with van der Waals surface area (Å²) in [6.45, 7) is 4.54. The Kier molecular flexibility index (Phi) is 5.48. The van der Waals surface area contributed by atoms with Crippen molar-refractivity contribution < 1.29 is 4.74 Å². The van der Waals surface area contributed by atoms with Crippen LogP contribution >= 0.6 is 0 Å². The number of rotatable bonds is 3. The zero-order chi connectivity index (χ0) is 28.3. The molecule has 3 heteroatoms. The predicted molar refractivity (Wildman–Crippen MR) is 172 cm³/mol. The van der Waals surface area contributed by atoms with Gasteiger partial charge in [-0.15, -0.1) is 0 Å². The quantitative estimate of drug-likeness (QED) is 0.224. The zero-order valence-corrected chi connectivity index (χ0v) is 23.5. The summed E-state index contributed by atoms with van der Waals surface area (Å²) < 4.78 is 6.54. The SMILES string of the molecule is CC1(C)c2ccccc2Oc2c(-c3ccc(-c4nc(-c5cccc6ccccc56)c5ccccc5n4)cc3)cccc21. The molecular formula is C39H28N2O. The van der Waals surface area contributed by atoms with Crippen LogP contribution in [0, 0.1) is 0 Å². The number of nitrogens with zero attached hydrogens (tertiary/aromatic N) is 2. The van der Waals surface area contributed by atoms with Crippen molar-refractivity contribution in [1.29, 1.82) is 0 Å². The van der Waals surface area contributed by atoms with Crippen LogP contribution in [0.2, 0.25) is 0 Å². The average molecular weight is 541 g/mol. The minimum absolute atomic E-state index is 0.156. The van der Waals surface area contributed by atoms with Gasteiger partial charge in [-0.3, -0.25) is 0 Å². The smallest absolute Gasteiger partial charge is 0.160 e. The van der Waals surface area contributed by atoms with Crippen LogP contribution < -0.4 is 4.74 Å². The third-order valence-corrected chi connectivity index (χ3v) is 8.56. The summed E-state index contributed by atoms with van der Waals surface area (Å²) in [4.78, 5) is 10.2. The Balaban J connectivity index is 1.24. The Morgan fingerprint density at radius 2 is 1.17 bits per heavy atom. The van der Waals surface area contributed by atoms with Gasteiger partial charge in [0.2, 0.25) is 0 Å². The van der Waals surface area contributed by atoms with Gasteiger partial charge in [-0.2, -0.15) is 0 Å². The molecule has 2 heterocycles. The van der Waals surface area contributed by atoms with Gasteiger partial charge in [-0.05, 0) is 28.5 Å². The minimum atomic E-state index is -0.156. The predicted octanol–water partition coefficient (Wildman–Crippen LogP) is 10.2. The summed E-state index contributed by atoms with van der Waals surface area (Å²) in [6.07, 6.45) is 0. The van der Waals surface area contributed by atoms with Crippen molar-refractivity contribution in [2.75, 3.05) is 0 Å². The Labute approximate surface area is 245 Å². The van der Waals surface area contributed by atoms with Crippen LogP contribution in [0.4, 0.5) is 0 Å². The Morgan fingerprint density at radius 3 is 2.05 bits per heavy atom. The van der Waals surface area contributed by atoms with E-state index in [4.69, 9.17) is 14.7 Å². The molecule has 0 unspecified atom stereocenters. The Morgan fingerprint density at radius 1 is 0.524 bits per heavy atom. The van der Waals surface area contributed by atoms with Crippen molar-refractivity contribution in [3.8, 4) is 45.3 Å². The van der Waals surface area contributed by atoms with Crippen LogP contribution in [0.3, 0.4) is 0 Å². The summed E-state index contributed by atoms with van der Waals surface area (Å²) in [5, 5.41) is 3.43. The van der Waals surface area contributed by atoms with Crippen LogP contribution in [0.5, 0.6) is 11.5 Å². The molecule has 0 aliphatic carbocycles. The fourth-order valence-electron chi connectivity index (χ4n) is 6.34. The normalized spacial score (nSPS) is 13.4. The lowest BCUT2D eigenvalue weighted by Gasteiger charge is -2.35. The minimum Gasteiger partial charge on any atom is -0.456 e. The molecule has 6 aromatic carbocycles. The van der Waals surface area contributed by atoms with Crippen LogP contribution in [-0.4, -0.2) is 9.97 Å². The van der Waals surface area contributed by atoms with Gasteiger partial charge in [0.15, 0.2) is 5.82 Å². The Bertz CT molecular complexity index is 2140. The van der Waals surface area contributed by atoms with Crippen LogP contribution in [0.25, 0.3) is 55.4 Å². The van der Waals surface area contributed by atoms with Gasteiger partial charge < -0.3 is 4.74 Å². The van der Waals surface area contributed by atoms with Crippen molar-refractivity contribution in [2.24, 2.45) is 0 Å². The van der Waals surface area contributed by atoms with Crippen molar-refractivity contribution in [1.82, 2.24) is 9.97 Å². The van der Waals surface area contributed by atoms with Gasteiger partial charge in [0.1, 0.15) is 11.5 Å². The second-order valence-corrected chi connectivity index (χ2v) is 11.4. The van der Waals surface area contributed by atoms with E-state index in [0.717, 1.165) is 50.3 Å². The first-order valence-corrected chi connectivity index (χ1v) is 14.3. The van der Waals surface area contributed by atoms with Crippen molar-refractivity contribution in [2.45, 2.75) is 19.3 Å². The lowest BCUT2D eigenvalue weighted by atomic mass is 9.75. The highest BCUT2D eigenvalue weighted by Gasteiger charge is 2.35. The fourth-order valence-corrected chi connectivity index (χ4v) is 6.34. The van der Waals surface area contributed by atoms with Crippen LogP contribution in [0.15, 0.2) is 133 Å². The first-order valence-electron chi connectivity index (χ1n) is 14.3. The number of benzene rings is 6. The average Bonchev–Trinajstić information content (AvgIpc) is 3.04. The molecule has 0 fully saturated rings. The first-order chi connectivity index (χ1) is 20.6. The monoisotopic (exact) mass is 540 g/mol. The maximum absolute atomic E-state index is 6.54. The third-order valence-electron chi connectivity index (χ3n) is 8.56. The maximum Gasteiger partial charge on any atom is 0.160 e. The van der Waals surface area contributed by atoms with E-state index in [1.165, 1.54) is 21.9 Å². The Hall–Kier alpha value is -5.28. The third kappa shape index (κ3) is 3.82. The van der Waals surface area contributed by atoms with Crippen molar-refractivity contribution in [3.05, 3.63) is 145 Å². The lowest BCUT2D eigenvalue weighted by Crippen LogP contribution is -2.24. The van der Waals surface area contributed by atoms with E-state index in [1.54, 1.807) is 0 Å². The molecule has 8 rings (SSSR count). The summed E-state index contributed by atoms with van der Waals surface area (Å²) in [5.41, 5.74) is 8.39. The highest BCUT2D eigenvalue weighted by molar-refractivity contribution is 6.03. The highest BCUT2D eigenvalue weighted by Crippen LogP contribution is 2.51. The summed E-state index contributed by atoms with van der Waals surface area (Å²) in [7, 11) is 0. The van der Waals surface area contributed by atoms with Gasteiger partial charge in [0, 0.05) is 38.6 Å².